The fraction of sp³-hybridized carbons (Fsp3) is 0.273. The molecule has 138 valence electrons. The molecule has 0 unspecified atom stereocenters. The third-order valence-corrected chi connectivity index (χ3v) is 5.52. The van der Waals surface area contributed by atoms with E-state index in [4.69, 9.17) is 14.4 Å². The molecule has 0 bridgehead atoms. The standard InChI is InChI=1S/C22H23N3OS/c1-14-12-18(16(3)26-14)21-24-20(19-13-15(2)27-22(19)25-21)23-11-7-10-17-8-5-4-6-9-17/h4-6,8-9,12-13H,7,10-11H2,1-3H3,(H,23,24,25). The van der Waals surface area contributed by atoms with E-state index >= 15 is 0 Å². The summed E-state index contributed by atoms with van der Waals surface area (Å²) in [7, 11) is 0. The van der Waals surface area contributed by atoms with Crippen LogP contribution in [0.2, 0.25) is 0 Å². The Balaban J connectivity index is 1.58. The van der Waals surface area contributed by atoms with E-state index in [1.165, 1.54) is 10.4 Å². The van der Waals surface area contributed by atoms with E-state index in [2.05, 4.69) is 48.6 Å². The number of thiophene rings is 1. The van der Waals surface area contributed by atoms with Crippen LogP contribution in [0, 0.1) is 20.8 Å². The molecule has 0 aliphatic carbocycles. The number of hydrogen-bond acceptors (Lipinski definition) is 5. The molecule has 1 aromatic carbocycles. The van der Waals surface area contributed by atoms with Crippen LogP contribution in [0.4, 0.5) is 5.82 Å². The lowest BCUT2D eigenvalue weighted by Crippen LogP contribution is -2.06. The molecule has 1 N–H and O–H groups in total. The maximum atomic E-state index is 5.68. The van der Waals surface area contributed by atoms with E-state index in [-0.39, 0.29) is 0 Å². The highest BCUT2D eigenvalue weighted by molar-refractivity contribution is 7.18. The lowest BCUT2D eigenvalue weighted by Gasteiger charge is -2.09. The molecule has 4 nitrogen and oxygen atoms in total. The molecule has 0 fully saturated rings. The summed E-state index contributed by atoms with van der Waals surface area (Å²) in [4.78, 5) is 11.9. The van der Waals surface area contributed by atoms with Crippen molar-refractivity contribution in [2.24, 2.45) is 0 Å². The number of fused-ring (bicyclic) bond motifs is 1. The zero-order valence-electron chi connectivity index (χ0n) is 15.9. The van der Waals surface area contributed by atoms with Crippen LogP contribution in [0.5, 0.6) is 0 Å². The number of hydrogen-bond donors (Lipinski definition) is 1. The molecule has 4 aromatic rings. The molecule has 5 heteroatoms. The minimum Gasteiger partial charge on any atom is -0.466 e. The Bertz CT molecular complexity index is 1070. The van der Waals surface area contributed by atoms with Gasteiger partial charge >= 0.3 is 0 Å². The van der Waals surface area contributed by atoms with Gasteiger partial charge in [-0.05, 0) is 51.3 Å². The van der Waals surface area contributed by atoms with Gasteiger partial charge in [0.1, 0.15) is 22.2 Å². The van der Waals surface area contributed by atoms with Crippen LogP contribution in [0.1, 0.15) is 28.4 Å². The Hall–Kier alpha value is -2.66. The molecule has 0 amide bonds. The maximum absolute atomic E-state index is 5.68. The molecule has 0 saturated carbocycles. The van der Waals surface area contributed by atoms with Gasteiger partial charge in [-0.15, -0.1) is 11.3 Å². The van der Waals surface area contributed by atoms with Crippen molar-refractivity contribution < 1.29 is 4.42 Å². The van der Waals surface area contributed by atoms with E-state index in [1.807, 2.05) is 19.9 Å². The van der Waals surface area contributed by atoms with Crippen molar-refractivity contribution in [2.75, 3.05) is 11.9 Å². The quantitative estimate of drug-likeness (QED) is 0.424. The Morgan fingerprint density at radius 2 is 1.85 bits per heavy atom. The third kappa shape index (κ3) is 3.88. The topological polar surface area (TPSA) is 51.0 Å². The average molecular weight is 378 g/mol. The molecule has 0 atom stereocenters. The van der Waals surface area contributed by atoms with Gasteiger partial charge < -0.3 is 9.73 Å². The largest absolute Gasteiger partial charge is 0.466 e. The van der Waals surface area contributed by atoms with E-state index in [0.29, 0.717) is 0 Å². The minimum absolute atomic E-state index is 0.726. The molecule has 0 radical (unpaired) electrons. The number of rotatable bonds is 6. The summed E-state index contributed by atoms with van der Waals surface area (Å²) in [6, 6.07) is 14.8. The molecule has 0 aliphatic heterocycles. The van der Waals surface area contributed by atoms with Gasteiger partial charge in [0.25, 0.3) is 0 Å². The van der Waals surface area contributed by atoms with Crippen LogP contribution in [0.3, 0.4) is 0 Å². The predicted octanol–water partition coefficient (Wildman–Crippen LogP) is 5.92. The van der Waals surface area contributed by atoms with Gasteiger partial charge in [0.2, 0.25) is 0 Å². The van der Waals surface area contributed by atoms with Gasteiger partial charge in [-0.3, -0.25) is 0 Å². The van der Waals surface area contributed by atoms with E-state index < -0.39 is 0 Å². The van der Waals surface area contributed by atoms with Crippen LogP contribution in [0.15, 0.2) is 46.9 Å². The van der Waals surface area contributed by atoms with Crippen molar-refractivity contribution in [3.05, 3.63) is 64.4 Å². The highest BCUT2D eigenvalue weighted by Crippen LogP contribution is 2.32. The van der Waals surface area contributed by atoms with Crippen molar-refractivity contribution in [1.29, 1.82) is 0 Å². The number of anilines is 1. The SMILES string of the molecule is Cc1cc(-c2nc(NCCCc3ccccc3)c3cc(C)sc3n2)c(C)o1. The van der Waals surface area contributed by atoms with Crippen molar-refractivity contribution in [2.45, 2.75) is 33.6 Å². The molecular weight excluding hydrogens is 354 g/mol. The second-order valence-electron chi connectivity index (χ2n) is 6.81. The first kappa shape index (κ1) is 17.7. The molecule has 3 aromatic heterocycles. The van der Waals surface area contributed by atoms with Gasteiger partial charge in [-0.1, -0.05) is 30.3 Å². The molecule has 4 rings (SSSR count). The summed E-state index contributed by atoms with van der Waals surface area (Å²) in [5.41, 5.74) is 2.33. The fourth-order valence-electron chi connectivity index (χ4n) is 3.29. The molecular formula is C22H23N3OS. The Morgan fingerprint density at radius 3 is 2.59 bits per heavy atom. The fourth-order valence-corrected chi connectivity index (χ4v) is 4.17. The van der Waals surface area contributed by atoms with Crippen LogP contribution in [0.25, 0.3) is 21.6 Å². The lowest BCUT2D eigenvalue weighted by molar-refractivity contribution is 0.505. The molecule has 0 spiro atoms. The van der Waals surface area contributed by atoms with E-state index in [9.17, 15) is 0 Å². The smallest absolute Gasteiger partial charge is 0.166 e. The zero-order chi connectivity index (χ0) is 18.8. The Morgan fingerprint density at radius 1 is 1.04 bits per heavy atom. The highest BCUT2D eigenvalue weighted by atomic mass is 32.1. The summed E-state index contributed by atoms with van der Waals surface area (Å²) in [5, 5.41) is 4.63. The van der Waals surface area contributed by atoms with Crippen LogP contribution >= 0.6 is 11.3 Å². The summed E-state index contributed by atoms with van der Waals surface area (Å²) < 4.78 is 5.68. The molecule has 27 heavy (non-hydrogen) atoms. The second kappa shape index (κ2) is 7.53. The monoisotopic (exact) mass is 377 g/mol. The number of furan rings is 1. The number of nitrogens with one attached hydrogen (secondary N) is 1. The number of benzene rings is 1. The first-order chi connectivity index (χ1) is 13.1. The number of nitrogens with zero attached hydrogens (tertiary/aromatic N) is 2. The third-order valence-electron chi connectivity index (χ3n) is 4.58. The summed E-state index contributed by atoms with van der Waals surface area (Å²) in [6.07, 6.45) is 2.11. The van der Waals surface area contributed by atoms with Crippen molar-refractivity contribution in [3.63, 3.8) is 0 Å². The van der Waals surface area contributed by atoms with E-state index in [1.54, 1.807) is 11.3 Å². The summed E-state index contributed by atoms with van der Waals surface area (Å²) >= 11 is 1.70. The maximum Gasteiger partial charge on any atom is 0.166 e. The first-order valence-electron chi connectivity index (χ1n) is 9.23. The first-order valence-corrected chi connectivity index (χ1v) is 10.0. The van der Waals surface area contributed by atoms with Gasteiger partial charge in [0, 0.05) is 11.4 Å². The highest BCUT2D eigenvalue weighted by Gasteiger charge is 2.15. The van der Waals surface area contributed by atoms with Crippen molar-refractivity contribution in [3.8, 4) is 11.4 Å². The van der Waals surface area contributed by atoms with Gasteiger partial charge in [0.15, 0.2) is 5.82 Å². The number of aromatic nitrogens is 2. The van der Waals surface area contributed by atoms with Gasteiger partial charge in [-0.25, -0.2) is 9.97 Å². The van der Waals surface area contributed by atoms with Gasteiger partial charge in [-0.2, -0.15) is 0 Å². The van der Waals surface area contributed by atoms with Gasteiger partial charge in [0.05, 0.1) is 10.9 Å². The van der Waals surface area contributed by atoms with Crippen molar-refractivity contribution >= 4 is 27.4 Å². The summed E-state index contributed by atoms with van der Waals surface area (Å²) in [5.74, 6) is 3.37. The lowest BCUT2D eigenvalue weighted by atomic mass is 10.1. The predicted molar refractivity (Wildman–Crippen MR) is 113 cm³/mol. The van der Waals surface area contributed by atoms with Crippen LogP contribution in [-0.4, -0.2) is 16.5 Å². The van der Waals surface area contributed by atoms with Crippen LogP contribution < -0.4 is 5.32 Å². The Kier molecular flexibility index (Phi) is 4.94. The second-order valence-corrected chi connectivity index (χ2v) is 8.05. The van der Waals surface area contributed by atoms with E-state index in [0.717, 1.165) is 58.3 Å². The van der Waals surface area contributed by atoms with Crippen molar-refractivity contribution in [1.82, 2.24) is 9.97 Å². The molecule has 0 saturated heterocycles. The van der Waals surface area contributed by atoms with Crippen LogP contribution in [-0.2, 0) is 6.42 Å². The zero-order valence-corrected chi connectivity index (χ0v) is 16.7. The number of aryl methyl sites for hydroxylation is 4. The normalized spacial score (nSPS) is 11.2. The Labute approximate surface area is 163 Å². The minimum atomic E-state index is 0.726. The molecule has 0 aliphatic rings. The average Bonchev–Trinajstić information content (AvgIpc) is 3.20. The summed E-state index contributed by atoms with van der Waals surface area (Å²) in [6.45, 7) is 6.90. The molecule has 3 heterocycles.